The molecule has 1 fully saturated rings. The van der Waals surface area contributed by atoms with Crippen molar-refractivity contribution in [2.24, 2.45) is 5.92 Å². The molecule has 0 aliphatic carbocycles. The molecule has 1 aliphatic rings. The quantitative estimate of drug-likeness (QED) is 0.617. The number of rotatable bonds is 6. The summed E-state index contributed by atoms with van der Waals surface area (Å²) in [5, 5.41) is 20.5. The third kappa shape index (κ3) is 6.30. The van der Waals surface area contributed by atoms with Crippen LogP contribution in [0.25, 0.3) is 11.0 Å². The Hall–Kier alpha value is -2.88. The zero-order valence-corrected chi connectivity index (χ0v) is 18.7. The van der Waals surface area contributed by atoms with E-state index in [9.17, 15) is 0 Å². The Morgan fingerprint density at radius 3 is 2.58 bits per heavy atom. The normalized spacial score (nSPS) is 14.0. The van der Waals surface area contributed by atoms with Crippen LogP contribution in [0.15, 0.2) is 40.9 Å². The second kappa shape index (κ2) is 11.5. The van der Waals surface area contributed by atoms with Gasteiger partial charge in [0.25, 0.3) is 0 Å². The molecule has 0 radical (unpaired) electrons. The molecule has 1 aliphatic heterocycles. The molecule has 2 aromatic carbocycles. The minimum atomic E-state index is 0.465. The van der Waals surface area contributed by atoms with Gasteiger partial charge in [0, 0.05) is 5.39 Å². The summed E-state index contributed by atoms with van der Waals surface area (Å²) in [5.74, 6) is 1.59. The van der Waals surface area contributed by atoms with Crippen LogP contribution in [0.5, 0.6) is 5.75 Å². The van der Waals surface area contributed by atoms with Gasteiger partial charge in [0.1, 0.15) is 12.4 Å². The van der Waals surface area contributed by atoms with Crippen molar-refractivity contribution in [2.75, 3.05) is 27.2 Å². The SMILES string of the molecule is CNC.Cc1cc(OCc2ccc(C#N)cc2)cc2c(CCC3CCNCC3)noc12. The van der Waals surface area contributed by atoms with Crippen molar-refractivity contribution in [1.29, 1.82) is 5.26 Å². The topological polar surface area (TPSA) is 83.1 Å². The van der Waals surface area contributed by atoms with Gasteiger partial charge in [0.05, 0.1) is 17.3 Å². The largest absolute Gasteiger partial charge is 0.489 e. The number of nitrogens with zero attached hydrogens (tertiary/aromatic N) is 2. The average molecular weight is 421 g/mol. The first-order valence-electron chi connectivity index (χ1n) is 10.9. The lowest BCUT2D eigenvalue weighted by Gasteiger charge is -2.21. The Balaban J connectivity index is 0.000000858. The number of ether oxygens (including phenoxy) is 1. The Kier molecular flexibility index (Phi) is 8.45. The number of nitrogens with one attached hydrogen (secondary N) is 2. The van der Waals surface area contributed by atoms with E-state index < -0.39 is 0 Å². The van der Waals surface area contributed by atoms with Crippen molar-refractivity contribution in [3.8, 4) is 11.8 Å². The number of aromatic nitrogens is 1. The lowest BCUT2D eigenvalue weighted by Crippen LogP contribution is -2.27. The summed E-state index contributed by atoms with van der Waals surface area (Å²) in [4.78, 5) is 0. The molecule has 164 valence electrons. The maximum atomic E-state index is 8.90. The smallest absolute Gasteiger partial charge is 0.170 e. The highest BCUT2D eigenvalue weighted by Gasteiger charge is 2.17. The maximum Gasteiger partial charge on any atom is 0.170 e. The van der Waals surface area contributed by atoms with Gasteiger partial charge in [-0.2, -0.15) is 5.26 Å². The standard InChI is InChI=1S/C23H25N3O2.C2H7N/c1-16-12-20(27-15-19-4-2-18(14-24)3-5-19)13-21-22(26-28-23(16)21)7-6-17-8-10-25-11-9-17;1-3-2/h2-5,12-13,17,25H,6-11,15H2,1H3;3H,1-2H3. The van der Waals surface area contributed by atoms with Gasteiger partial charge >= 0.3 is 0 Å². The predicted molar refractivity (Wildman–Crippen MR) is 123 cm³/mol. The fourth-order valence-electron chi connectivity index (χ4n) is 3.84. The maximum absolute atomic E-state index is 8.90. The predicted octanol–water partition coefficient (Wildman–Crippen LogP) is 4.35. The molecule has 3 aromatic rings. The number of piperidine rings is 1. The molecule has 31 heavy (non-hydrogen) atoms. The Labute approximate surface area is 184 Å². The van der Waals surface area contributed by atoms with E-state index in [1.54, 1.807) is 0 Å². The summed E-state index contributed by atoms with van der Waals surface area (Å²) in [6.45, 7) is 4.73. The van der Waals surface area contributed by atoms with E-state index in [1.807, 2.05) is 57.4 Å². The van der Waals surface area contributed by atoms with Crippen molar-refractivity contribution in [2.45, 2.75) is 39.2 Å². The summed E-state index contributed by atoms with van der Waals surface area (Å²) in [6.07, 6.45) is 4.58. The van der Waals surface area contributed by atoms with Crippen molar-refractivity contribution in [3.63, 3.8) is 0 Å². The van der Waals surface area contributed by atoms with Gasteiger partial charge in [-0.25, -0.2) is 0 Å². The van der Waals surface area contributed by atoms with Crippen LogP contribution >= 0.6 is 0 Å². The summed E-state index contributed by atoms with van der Waals surface area (Å²) in [6, 6.07) is 13.6. The third-order valence-electron chi connectivity index (χ3n) is 5.54. The zero-order valence-electron chi connectivity index (χ0n) is 18.7. The lowest BCUT2D eigenvalue weighted by atomic mass is 9.92. The van der Waals surface area contributed by atoms with Crippen LogP contribution < -0.4 is 15.4 Å². The van der Waals surface area contributed by atoms with Gasteiger partial charge in [-0.1, -0.05) is 17.3 Å². The monoisotopic (exact) mass is 420 g/mol. The van der Waals surface area contributed by atoms with Crippen molar-refractivity contribution in [1.82, 2.24) is 15.8 Å². The second-order valence-corrected chi connectivity index (χ2v) is 8.08. The molecule has 4 rings (SSSR count). The highest BCUT2D eigenvalue weighted by Crippen LogP contribution is 2.30. The summed E-state index contributed by atoms with van der Waals surface area (Å²) < 4.78 is 11.6. The van der Waals surface area contributed by atoms with E-state index in [1.165, 1.54) is 12.8 Å². The van der Waals surface area contributed by atoms with Crippen LogP contribution in [-0.4, -0.2) is 32.3 Å². The van der Waals surface area contributed by atoms with Crippen LogP contribution in [0.1, 0.15) is 41.6 Å². The molecule has 0 bridgehead atoms. The van der Waals surface area contributed by atoms with Crippen LogP contribution in [0.3, 0.4) is 0 Å². The van der Waals surface area contributed by atoms with Gasteiger partial charge in [-0.3, -0.25) is 0 Å². The van der Waals surface area contributed by atoms with Gasteiger partial charge < -0.3 is 19.9 Å². The third-order valence-corrected chi connectivity index (χ3v) is 5.54. The lowest BCUT2D eigenvalue weighted by molar-refractivity contribution is 0.306. The molecule has 0 amide bonds. The van der Waals surface area contributed by atoms with Crippen LogP contribution in [0.2, 0.25) is 0 Å². The molecule has 1 aromatic heterocycles. The summed E-state index contributed by atoms with van der Waals surface area (Å²) in [5.41, 5.74) is 4.61. The molecule has 2 N–H and O–H groups in total. The van der Waals surface area contributed by atoms with Crippen LogP contribution in [0, 0.1) is 24.2 Å². The Morgan fingerprint density at radius 1 is 1.19 bits per heavy atom. The van der Waals surface area contributed by atoms with E-state index >= 15 is 0 Å². The minimum absolute atomic E-state index is 0.465. The molecule has 0 spiro atoms. The van der Waals surface area contributed by atoms with Crippen LogP contribution in [-0.2, 0) is 13.0 Å². The van der Waals surface area contributed by atoms with Gasteiger partial charge in [0.15, 0.2) is 5.58 Å². The molecular formula is C25H32N4O2. The molecule has 6 nitrogen and oxygen atoms in total. The van der Waals surface area contributed by atoms with E-state index in [-0.39, 0.29) is 0 Å². The molecule has 1 saturated heterocycles. The first-order valence-corrected chi connectivity index (χ1v) is 10.9. The van der Waals surface area contributed by atoms with Gasteiger partial charge in [-0.05, 0) is 101 Å². The number of benzene rings is 2. The summed E-state index contributed by atoms with van der Waals surface area (Å²) >= 11 is 0. The van der Waals surface area contributed by atoms with Crippen molar-refractivity contribution < 1.29 is 9.26 Å². The average Bonchev–Trinajstić information content (AvgIpc) is 3.21. The fraction of sp³-hybridized carbons (Fsp3) is 0.440. The molecular weight excluding hydrogens is 388 g/mol. The Morgan fingerprint density at radius 2 is 1.90 bits per heavy atom. The Bertz CT molecular complexity index is 999. The summed E-state index contributed by atoms with van der Waals surface area (Å²) in [7, 11) is 3.75. The molecule has 0 saturated carbocycles. The number of hydrogen-bond acceptors (Lipinski definition) is 6. The fourth-order valence-corrected chi connectivity index (χ4v) is 3.84. The second-order valence-electron chi connectivity index (χ2n) is 8.08. The zero-order chi connectivity index (χ0) is 22.1. The van der Waals surface area contributed by atoms with E-state index in [4.69, 9.17) is 14.5 Å². The number of aryl methyl sites for hydroxylation is 2. The number of fused-ring (bicyclic) bond motifs is 1. The first-order chi connectivity index (χ1) is 15.1. The number of hydrogen-bond donors (Lipinski definition) is 2. The molecule has 0 unspecified atom stereocenters. The van der Waals surface area contributed by atoms with Gasteiger partial charge in [-0.15, -0.1) is 0 Å². The van der Waals surface area contributed by atoms with Crippen LogP contribution in [0.4, 0.5) is 0 Å². The van der Waals surface area contributed by atoms with Gasteiger partial charge in [0.2, 0.25) is 0 Å². The van der Waals surface area contributed by atoms with E-state index in [0.29, 0.717) is 12.2 Å². The minimum Gasteiger partial charge on any atom is -0.489 e. The van der Waals surface area contributed by atoms with Crippen molar-refractivity contribution in [3.05, 3.63) is 58.8 Å². The highest BCUT2D eigenvalue weighted by atomic mass is 16.5. The number of nitriles is 1. The van der Waals surface area contributed by atoms with E-state index in [2.05, 4.69) is 21.9 Å². The molecule has 6 heteroatoms. The first kappa shape index (κ1) is 22.8. The molecule has 0 atom stereocenters. The van der Waals surface area contributed by atoms with Crippen molar-refractivity contribution >= 4 is 11.0 Å². The molecule has 2 heterocycles. The highest BCUT2D eigenvalue weighted by molar-refractivity contribution is 5.84. The van der Waals surface area contributed by atoms with E-state index in [0.717, 1.165) is 65.4 Å².